The number of hydrogen-bond acceptors (Lipinski definition) is 7. The van der Waals surface area contributed by atoms with Crippen LogP contribution in [0, 0.1) is 0 Å². The molecule has 1 aliphatic heterocycles. The summed E-state index contributed by atoms with van der Waals surface area (Å²) in [5, 5.41) is 28.8. The van der Waals surface area contributed by atoms with Crippen molar-refractivity contribution in [2.45, 2.75) is 96.4 Å². The van der Waals surface area contributed by atoms with Gasteiger partial charge in [0.1, 0.15) is 24.2 Å². The predicted molar refractivity (Wildman–Crippen MR) is 267 cm³/mol. The molecule has 5 aromatic carbocycles. The van der Waals surface area contributed by atoms with Crippen LogP contribution in [0.3, 0.4) is 0 Å². The minimum Gasteiger partial charge on any atom is -0.534 e. The van der Waals surface area contributed by atoms with E-state index in [0.717, 1.165) is 61.3 Å². The number of urea groups is 2. The first-order valence-electron chi connectivity index (χ1n) is 23.5. The summed E-state index contributed by atoms with van der Waals surface area (Å²) in [6.07, 6.45) is 6.38. The molecule has 1 atom stereocenters. The number of carbonyl (C=O) groups excluding carboxylic acids is 2. The van der Waals surface area contributed by atoms with Crippen molar-refractivity contribution >= 4 is 42.1 Å². The number of likely N-dealkylation sites (tertiary alicyclic amines) is 1. The largest absolute Gasteiger partial charge is 0.534 e. The summed E-state index contributed by atoms with van der Waals surface area (Å²) in [4.78, 5) is 27.0. The van der Waals surface area contributed by atoms with Gasteiger partial charge < -0.3 is 45.8 Å². The van der Waals surface area contributed by atoms with Crippen molar-refractivity contribution < 1.29 is 23.9 Å². The maximum atomic E-state index is 12.9. The van der Waals surface area contributed by atoms with Gasteiger partial charge in [-0.2, -0.15) is 0 Å². The summed E-state index contributed by atoms with van der Waals surface area (Å²) < 4.78 is 13.1. The molecule has 6 rings (SSSR count). The summed E-state index contributed by atoms with van der Waals surface area (Å²) in [5.41, 5.74) is 3.98. The van der Waals surface area contributed by atoms with Gasteiger partial charge in [-0.25, -0.2) is 9.59 Å². The molecule has 0 aliphatic carbocycles. The molecule has 4 amide bonds. The first-order chi connectivity index (χ1) is 31.5. The summed E-state index contributed by atoms with van der Waals surface area (Å²) in [5.74, 6) is 1.48. The lowest BCUT2D eigenvalue weighted by Crippen LogP contribution is -2.68. The van der Waals surface area contributed by atoms with Gasteiger partial charge in [0.25, 0.3) is 0 Å². The lowest BCUT2D eigenvalue weighted by Gasteiger charge is -2.43. The second-order valence-electron chi connectivity index (χ2n) is 18.1. The van der Waals surface area contributed by atoms with E-state index >= 15 is 0 Å². The quantitative estimate of drug-likeness (QED) is 0.0302. The van der Waals surface area contributed by atoms with Gasteiger partial charge >= 0.3 is 20.4 Å². The smallest absolute Gasteiger partial charge is 0.319 e. The summed E-state index contributed by atoms with van der Waals surface area (Å²) >= 11 is 0. The molecule has 346 valence electrons. The van der Waals surface area contributed by atoms with Crippen LogP contribution in [-0.4, -0.2) is 81.9 Å². The van der Waals surface area contributed by atoms with E-state index in [0.29, 0.717) is 44.5 Å². The Balaban J connectivity index is 0.847. The van der Waals surface area contributed by atoms with Crippen molar-refractivity contribution in [2.75, 3.05) is 50.0 Å². The maximum absolute atomic E-state index is 12.9. The Kier molecular flexibility index (Phi) is 18.3. The van der Waals surface area contributed by atoms with E-state index in [2.05, 4.69) is 127 Å². The van der Waals surface area contributed by atoms with E-state index in [1.54, 1.807) is 0 Å². The summed E-state index contributed by atoms with van der Waals surface area (Å²) in [6.45, 7) is 12.8. The standard InChI is InChI=1S/C53H70N6O5Si/c1-5-6-7-14-34-55-51(61)58-44-25-21-42(22-26-44)38-56-52(62)59-36-32-45(33-37-59)57-43-23-19-41(20-24-43)31-35-54-39-46(60)40-63-47-27-29-48(30-28-47)64-65(53(2,3)4,49-15-10-8-11-16-49)50-17-12-9-13-18-50/h8-13,15-30,45-46,54,57,60H,5-7,14,31-40H2,1-4H3,(H,56,62)(H2,55,58,61)/t46-/m0/s1. The Morgan fingerprint density at radius 2 is 1.32 bits per heavy atom. The SMILES string of the molecule is CCCCCCNC(=O)Nc1ccc(CNC(=O)N2CCC(Nc3ccc(CCNC[C@H](O)COc4ccc(O[Si](c5ccccc5)(c5ccccc5)C(C)(C)C)cc4)cc3)CC2)cc1. The van der Waals surface area contributed by atoms with Crippen molar-refractivity contribution in [3.63, 3.8) is 0 Å². The van der Waals surface area contributed by atoms with Gasteiger partial charge in [0, 0.05) is 50.1 Å². The van der Waals surface area contributed by atoms with Crippen LogP contribution in [0.25, 0.3) is 0 Å². The highest BCUT2D eigenvalue weighted by molar-refractivity contribution is 7.00. The average Bonchev–Trinajstić information content (AvgIpc) is 3.32. The second kappa shape index (κ2) is 24.5. The number of anilines is 2. The van der Waals surface area contributed by atoms with Crippen LogP contribution in [0.1, 0.15) is 77.3 Å². The predicted octanol–water partition coefficient (Wildman–Crippen LogP) is 8.69. The topological polar surface area (TPSA) is 136 Å². The van der Waals surface area contributed by atoms with Crippen molar-refractivity contribution in [2.24, 2.45) is 0 Å². The molecule has 0 unspecified atom stereocenters. The molecule has 0 spiro atoms. The van der Waals surface area contributed by atoms with E-state index in [-0.39, 0.29) is 23.7 Å². The fourth-order valence-electron chi connectivity index (χ4n) is 8.34. The molecular weight excluding hydrogens is 829 g/mol. The third-order valence-electron chi connectivity index (χ3n) is 12.0. The van der Waals surface area contributed by atoms with E-state index < -0.39 is 14.4 Å². The maximum Gasteiger partial charge on any atom is 0.319 e. The first kappa shape index (κ1) is 48.6. The molecule has 0 radical (unpaired) electrons. The minimum atomic E-state index is -2.73. The molecule has 1 aliphatic rings. The first-order valence-corrected chi connectivity index (χ1v) is 25.4. The number of ether oxygens (including phenoxy) is 1. The second-order valence-corrected chi connectivity index (χ2v) is 22.3. The molecule has 65 heavy (non-hydrogen) atoms. The number of hydrogen-bond donors (Lipinski definition) is 6. The molecule has 6 N–H and O–H groups in total. The van der Waals surface area contributed by atoms with Crippen molar-refractivity contribution in [3.05, 3.63) is 145 Å². The molecule has 0 saturated carbocycles. The average molecular weight is 899 g/mol. The highest BCUT2D eigenvalue weighted by atomic mass is 28.4. The highest BCUT2D eigenvalue weighted by Crippen LogP contribution is 2.38. The number of nitrogens with zero attached hydrogens (tertiary/aromatic N) is 1. The van der Waals surface area contributed by atoms with Gasteiger partial charge in [-0.05, 0) is 107 Å². The van der Waals surface area contributed by atoms with Crippen molar-refractivity contribution in [1.82, 2.24) is 20.9 Å². The van der Waals surface area contributed by atoms with Gasteiger partial charge in [0.2, 0.25) is 0 Å². The highest BCUT2D eigenvalue weighted by Gasteiger charge is 2.52. The molecule has 1 saturated heterocycles. The van der Waals surface area contributed by atoms with Crippen LogP contribution in [0.15, 0.2) is 133 Å². The Morgan fingerprint density at radius 3 is 1.94 bits per heavy atom. The van der Waals surface area contributed by atoms with Crippen LogP contribution in [0.2, 0.25) is 5.04 Å². The van der Waals surface area contributed by atoms with Crippen LogP contribution in [0.4, 0.5) is 21.0 Å². The zero-order valence-electron chi connectivity index (χ0n) is 38.8. The third kappa shape index (κ3) is 14.6. The molecule has 1 heterocycles. The van der Waals surface area contributed by atoms with Gasteiger partial charge in [-0.1, -0.05) is 132 Å². The molecule has 5 aromatic rings. The third-order valence-corrected chi connectivity index (χ3v) is 16.9. The Hall–Kier alpha value is -5.82. The summed E-state index contributed by atoms with van der Waals surface area (Å²) in [6, 6.07) is 45.1. The fraction of sp³-hybridized carbons (Fsp3) is 0.396. The van der Waals surface area contributed by atoms with Gasteiger partial charge in [0.05, 0.1) is 0 Å². The van der Waals surface area contributed by atoms with Crippen LogP contribution in [-0.2, 0) is 13.0 Å². The van der Waals surface area contributed by atoms with Crippen LogP contribution in [0.5, 0.6) is 11.5 Å². The normalized spacial score (nSPS) is 13.7. The molecular formula is C53H70N6O5Si. The monoisotopic (exact) mass is 899 g/mol. The number of piperidine rings is 1. The summed E-state index contributed by atoms with van der Waals surface area (Å²) in [7, 11) is -2.73. The van der Waals surface area contributed by atoms with Gasteiger partial charge in [0.15, 0.2) is 0 Å². The molecule has 11 nitrogen and oxygen atoms in total. The molecule has 12 heteroatoms. The Labute approximate surface area is 387 Å². The van der Waals surface area contributed by atoms with Crippen LogP contribution >= 0.6 is 0 Å². The van der Waals surface area contributed by atoms with Gasteiger partial charge in [-0.15, -0.1) is 0 Å². The van der Waals surface area contributed by atoms with Crippen molar-refractivity contribution in [3.8, 4) is 11.5 Å². The number of carbonyl (C=O) groups is 2. The van der Waals surface area contributed by atoms with E-state index in [1.807, 2.05) is 65.6 Å². The van der Waals surface area contributed by atoms with E-state index in [9.17, 15) is 14.7 Å². The van der Waals surface area contributed by atoms with Crippen molar-refractivity contribution in [1.29, 1.82) is 0 Å². The minimum absolute atomic E-state index is 0.0605. The number of unbranched alkanes of at least 4 members (excludes halogenated alkanes) is 3. The lowest BCUT2D eigenvalue weighted by molar-refractivity contribution is 0.106. The number of aliphatic hydroxyl groups excluding tert-OH is 1. The fourth-order valence-corrected chi connectivity index (χ4v) is 12.8. The zero-order chi connectivity index (χ0) is 45.9. The Morgan fingerprint density at radius 1 is 0.723 bits per heavy atom. The van der Waals surface area contributed by atoms with Crippen LogP contribution < -0.4 is 46.1 Å². The number of nitrogens with one attached hydrogen (secondary N) is 5. The number of rotatable bonds is 22. The lowest BCUT2D eigenvalue weighted by atomic mass is 10.0. The number of amides is 4. The van der Waals surface area contributed by atoms with Gasteiger partial charge in [-0.3, -0.25) is 0 Å². The number of aliphatic hydroxyl groups is 1. The number of benzene rings is 5. The van der Waals surface area contributed by atoms with E-state index in [4.69, 9.17) is 9.16 Å². The molecule has 0 aromatic heterocycles. The molecule has 1 fully saturated rings. The van der Waals surface area contributed by atoms with E-state index in [1.165, 1.54) is 28.8 Å². The zero-order valence-corrected chi connectivity index (χ0v) is 39.8. The molecule has 0 bridgehead atoms. The Bertz CT molecular complexity index is 2120.